The number of hydrogen-bond acceptors (Lipinski definition) is 7. The zero-order valence-corrected chi connectivity index (χ0v) is 18.0. The van der Waals surface area contributed by atoms with Gasteiger partial charge in [0.05, 0.1) is 50.4 Å². The number of aliphatic hydroxyl groups excluding tert-OH is 1. The Morgan fingerprint density at radius 2 is 2.03 bits per heavy atom. The largest absolute Gasteiger partial charge is 0.491 e. The number of anilines is 1. The molecule has 0 fully saturated rings. The van der Waals surface area contributed by atoms with Crippen molar-refractivity contribution in [3.05, 3.63) is 47.4 Å². The third-order valence-corrected chi connectivity index (χ3v) is 5.21. The molecule has 0 radical (unpaired) electrons. The molecule has 0 saturated carbocycles. The molecule has 1 aliphatic heterocycles. The average molecular weight is 423 g/mol. The Hall–Kier alpha value is -3.46. The van der Waals surface area contributed by atoms with Crippen LogP contribution in [0.2, 0.25) is 0 Å². The summed E-state index contributed by atoms with van der Waals surface area (Å²) in [5.41, 5.74) is 3.65. The van der Waals surface area contributed by atoms with Crippen LogP contribution >= 0.6 is 0 Å². The van der Waals surface area contributed by atoms with E-state index < -0.39 is 6.10 Å². The SMILES string of the molecule is CCc1cc(N2Cc3nc(-c4cnc(OC)c(OC)c4)ccc3C2=O)nn1C[C@H](C)O. The quantitative estimate of drug-likeness (QED) is 0.623. The molecule has 0 unspecified atom stereocenters. The molecule has 4 rings (SSSR count). The van der Waals surface area contributed by atoms with Gasteiger partial charge in [0.1, 0.15) is 0 Å². The first kappa shape index (κ1) is 20.8. The number of hydrogen-bond donors (Lipinski definition) is 1. The molecule has 31 heavy (non-hydrogen) atoms. The van der Waals surface area contributed by atoms with Crippen molar-refractivity contribution in [2.75, 3.05) is 19.1 Å². The van der Waals surface area contributed by atoms with E-state index in [2.05, 4.69) is 10.1 Å². The third kappa shape index (κ3) is 3.84. The smallest absolute Gasteiger partial charge is 0.261 e. The number of pyridine rings is 2. The van der Waals surface area contributed by atoms with Crippen molar-refractivity contribution in [3.63, 3.8) is 0 Å². The van der Waals surface area contributed by atoms with Crippen LogP contribution in [0.3, 0.4) is 0 Å². The maximum atomic E-state index is 13.0. The van der Waals surface area contributed by atoms with Crippen LogP contribution in [-0.4, -0.2) is 51.1 Å². The minimum absolute atomic E-state index is 0.135. The molecule has 0 aliphatic carbocycles. The second kappa shape index (κ2) is 8.35. The van der Waals surface area contributed by atoms with Crippen LogP contribution in [0.5, 0.6) is 11.6 Å². The Labute approximate surface area is 180 Å². The number of rotatable bonds is 7. The first-order valence-electron chi connectivity index (χ1n) is 10.1. The van der Waals surface area contributed by atoms with Gasteiger partial charge in [-0.15, -0.1) is 0 Å². The van der Waals surface area contributed by atoms with Gasteiger partial charge in [0.2, 0.25) is 0 Å². The van der Waals surface area contributed by atoms with Crippen LogP contribution in [-0.2, 0) is 19.5 Å². The van der Waals surface area contributed by atoms with Gasteiger partial charge in [-0.2, -0.15) is 5.10 Å². The lowest BCUT2D eigenvalue weighted by Gasteiger charge is -2.11. The Kier molecular flexibility index (Phi) is 5.60. The lowest BCUT2D eigenvalue weighted by atomic mass is 10.1. The lowest BCUT2D eigenvalue weighted by Crippen LogP contribution is -2.24. The van der Waals surface area contributed by atoms with E-state index in [4.69, 9.17) is 14.5 Å². The Morgan fingerprint density at radius 1 is 1.23 bits per heavy atom. The average Bonchev–Trinajstić information content (AvgIpc) is 3.32. The first-order valence-corrected chi connectivity index (χ1v) is 10.1. The van der Waals surface area contributed by atoms with Gasteiger partial charge in [0.15, 0.2) is 11.6 Å². The van der Waals surface area contributed by atoms with Gasteiger partial charge in [-0.05, 0) is 31.5 Å². The lowest BCUT2D eigenvalue weighted by molar-refractivity contribution is 0.0995. The highest BCUT2D eigenvalue weighted by Crippen LogP contribution is 2.32. The first-order chi connectivity index (χ1) is 14.9. The van der Waals surface area contributed by atoms with Gasteiger partial charge >= 0.3 is 0 Å². The van der Waals surface area contributed by atoms with E-state index in [0.29, 0.717) is 47.5 Å². The van der Waals surface area contributed by atoms with E-state index >= 15 is 0 Å². The van der Waals surface area contributed by atoms with Gasteiger partial charge in [-0.3, -0.25) is 19.4 Å². The second-order valence-electron chi connectivity index (χ2n) is 7.40. The standard InChI is InChI=1S/C22H25N5O4/c1-5-15-9-20(25-27(15)11-13(2)28)26-12-18-16(22(26)29)6-7-17(24-18)14-8-19(30-3)21(31-4)23-10-14/h6-10,13,28H,5,11-12H2,1-4H3/t13-/m0/s1. The summed E-state index contributed by atoms with van der Waals surface area (Å²) in [5.74, 6) is 1.34. The zero-order chi connectivity index (χ0) is 22.1. The van der Waals surface area contributed by atoms with Crippen molar-refractivity contribution >= 4 is 11.7 Å². The predicted octanol–water partition coefficient (Wildman–Crippen LogP) is 2.46. The number of aliphatic hydroxyl groups is 1. The predicted molar refractivity (Wildman–Crippen MR) is 114 cm³/mol. The zero-order valence-electron chi connectivity index (χ0n) is 18.0. The summed E-state index contributed by atoms with van der Waals surface area (Å²) in [6, 6.07) is 7.28. The van der Waals surface area contributed by atoms with E-state index in [1.54, 1.807) is 48.0 Å². The number of nitrogens with zero attached hydrogens (tertiary/aromatic N) is 5. The highest BCUT2D eigenvalue weighted by Gasteiger charge is 2.32. The van der Waals surface area contributed by atoms with E-state index in [1.807, 2.05) is 13.0 Å². The number of amides is 1. The number of ether oxygens (including phenoxy) is 2. The van der Waals surface area contributed by atoms with E-state index in [1.165, 1.54) is 7.11 Å². The fraction of sp³-hybridized carbons (Fsp3) is 0.364. The maximum absolute atomic E-state index is 13.0. The molecule has 9 heteroatoms. The van der Waals surface area contributed by atoms with Gasteiger partial charge in [-0.1, -0.05) is 6.92 Å². The fourth-order valence-electron chi connectivity index (χ4n) is 3.67. The van der Waals surface area contributed by atoms with Crippen LogP contribution in [0, 0.1) is 0 Å². The van der Waals surface area contributed by atoms with E-state index in [-0.39, 0.29) is 5.91 Å². The van der Waals surface area contributed by atoms with Crippen LogP contribution in [0.15, 0.2) is 30.5 Å². The molecule has 1 N–H and O–H groups in total. The second-order valence-corrected chi connectivity index (χ2v) is 7.40. The summed E-state index contributed by atoms with van der Waals surface area (Å²) in [5, 5.41) is 14.3. The number of aromatic nitrogens is 4. The normalized spacial score (nSPS) is 14.0. The minimum atomic E-state index is -0.524. The number of carbonyl (C=O) groups excluding carboxylic acids is 1. The number of fused-ring (bicyclic) bond motifs is 1. The summed E-state index contributed by atoms with van der Waals surface area (Å²) < 4.78 is 12.3. The van der Waals surface area contributed by atoms with Crippen LogP contribution in [0.4, 0.5) is 5.82 Å². The summed E-state index contributed by atoms with van der Waals surface area (Å²) in [4.78, 5) is 23.6. The fourth-order valence-corrected chi connectivity index (χ4v) is 3.67. The van der Waals surface area contributed by atoms with E-state index in [9.17, 15) is 9.90 Å². The molecular weight excluding hydrogens is 398 g/mol. The van der Waals surface area contributed by atoms with Gasteiger partial charge in [0, 0.05) is 23.5 Å². The van der Waals surface area contributed by atoms with Crippen LogP contribution < -0.4 is 14.4 Å². The Morgan fingerprint density at radius 3 is 2.71 bits per heavy atom. The number of carbonyl (C=O) groups is 1. The molecule has 0 bridgehead atoms. The van der Waals surface area contributed by atoms with Crippen molar-refractivity contribution in [3.8, 4) is 22.9 Å². The van der Waals surface area contributed by atoms with Gasteiger partial charge in [-0.25, -0.2) is 4.98 Å². The van der Waals surface area contributed by atoms with Crippen molar-refractivity contribution in [1.82, 2.24) is 19.7 Å². The van der Waals surface area contributed by atoms with Crippen molar-refractivity contribution < 1.29 is 19.4 Å². The molecule has 1 amide bonds. The minimum Gasteiger partial charge on any atom is -0.491 e. The third-order valence-electron chi connectivity index (χ3n) is 5.21. The molecular formula is C22H25N5O4. The molecule has 0 aromatic carbocycles. The van der Waals surface area contributed by atoms with Crippen molar-refractivity contribution in [2.45, 2.75) is 39.5 Å². The summed E-state index contributed by atoms with van der Waals surface area (Å²) in [7, 11) is 3.09. The van der Waals surface area contributed by atoms with Gasteiger partial charge < -0.3 is 14.6 Å². The molecule has 3 aromatic rings. The van der Waals surface area contributed by atoms with Crippen LogP contribution in [0.25, 0.3) is 11.3 Å². The van der Waals surface area contributed by atoms with E-state index in [0.717, 1.165) is 17.7 Å². The topological polar surface area (TPSA) is 103 Å². The highest BCUT2D eigenvalue weighted by molar-refractivity contribution is 6.09. The van der Waals surface area contributed by atoms with Crippen molar-refractivity contribution in [2.24, 2.45) is 0 Å². The van der Waals surface area contributed by atoms with Gasteiger partial charge in [0.25, 0.3) is 11.8 Å². The Bertz CT molecular complexity index is 1130. The summed E-state index contributed by atoms with van der Waals surface area (Å²) in [6.45, 7) is 4.45. The number of aryl methyl sites for hydroxylation is 1. The maximum Gasteiger partial charge on any atom is 0.261 e. The summed E-state index contributed by atoms with van der Waals surface area (Å²) in [6.07, 6.45) is 1.89. The highest BCUT2D eigenvalue weighted by atomic mass is 16.5. The molecule has 9 nitrogen and oxygen atoms in total. The van der Waals surface area contributed by atoms with Crippen LogP contribution in [0.1, 0.15) is 35.6 Å². The molecule has 3 aromatic heterocycles. The van der Waals surface area contributed by atoms with Crippen molar-refractivity contribution in [1.29, 1.82) is 0 Å². The molecule has 4 heterocycles. The molecule has 0 saturated heterocycles. The number of methoxy groups -OCH3 is 2. The molecule has 0 spiro atoms. The molecule has 1 atom stereocenters. The molecule has 1 aliphatic rings. The summed E-state index contributed by atoms with van der Waals surface area (Å²) >= 11 is 0. The Balaban J connectivity index is 1.64. The monoisotopic (exact) mass is 423 g/mol. The molecule has 162 valence electrons.